The lowest BCUT2D eigenvalue weighted by molar-refractivity contribution is 0.121. The quantitative estimate of drug-likeness (QED) is 0.724. The monoisotopic (exact) mass is 384 g/mol. The Morgan fingerprint density at radius 2 is 1.75 bits per heavy atom. The van der Waals surface area contributed by atoms with Gasteiger partial charge in [-0.1, -0.05) is 0 Å². The smallest absolute Gasteiger partial charge is 0.302 e. The second kappa shape index (κ2) is 8.36. The van der Waals surface area contributed by atoms with Crippen LogP contribution in [-0.2, 0) is 33.0 Å². The van der Waals surface area contributed by atoms with Crippen molar-refractivity contribution in [2.75, 3.05) is 32.7 Å². The number of aromatic nitrogens is 4. The molecule has 3 heterocycles. The van der Waals surface area contributed by atoms with Crippen molar-refractivity contribution in [3.05, 3.63) is 56.1 Å². The molecule has 0 saturated carbocycles. The first-order chi connectivity index (χ1) is 13.6. The van der Waals surface area contributed by atoms with Crippen LogP contribution >= 0.6 is 0 Å². The summed E-state index contributed by atoms with van der Waals surface area (Å²) in [7, 11) is 1.71. The molecule has 0 bridgehead atoms. The molecular weight excluding hydrogens is 356 g/mol. The molecule has 8 nitrogen and oxygen atoms in total. The van der Waals surface area contributed by atoms with Gasteiger partial charge in [0, 0.05) is 58.6 Å². The van der Waals surface area contributed by atoms with Gasteiger partial charge in [0.1, 0.15) is 0 Å². The fraction of sp³-hybridized carbons (Fsp3) is 0.600. The molecule has 1 fully saturated rings. The molecule has 0 amide bonds. The van der Waals surface area contributed by atoms with E-state index in [-0.39, 0.29) is 11.2 Å². The summed E-state index contributed by atoms with van der Waals surface area (Å²) < 4.78 is 3.12. The van der Waals surface area contributed by atoms with E-state index in [1.165, 1.54) is 11.0 Å². The van der Waals surface area contributed by atoms with E-state index in [4.69, 9.17) is 0 Å². The summed E-state index contributed by atoms with van der Waals surface area (Å²) >= 11 is 0. The number of nitrogens with zero attached hydrogens (tertiary/aromatic N) is 6. The first-order valence-electron chi connectivity index (χ1n) is 10.2. The molecule has 0 radical (unpaired) electrons. The van der Waals surface area contributed by atoms with Gasteiger partial charge in [0.25, 0.3) is 5.56 Å². The van der Waals surface area contributed by atoms with E-state index >= 15 is 0 Å². The highest BCUT2D eigenvalue weighted by atomic mass is 16.1. The SMILES string of the molecule is Cn1ccc(CN2CCN(CCn3nc4c(cc3=O)CCCC4)CC2)nc1=O. The van der Waals surface area contributed by atoms with Gasteiger partial charge in [0.05, 0.1) is 17.9 Å². The van der Waals surface area contributed by atoms with E-state index in [0.29, 0.717) is 13.1 Å². The minimum Gasteiger partial charge on any atom is -0.302 e. The molecule has 2 aliphatic rings. The molecule has 150 valence electrons. The lowest BCUT2D eigenvalue weighted by atomic mass is 9.97. The fourth-order valence-corrected chi connectivity index (χ4v) is 3.99. The van der Waals surface area contributed by atoms with Crippen LogP contribution in [0.1, 0.15) is 29.8 Å². The van der Waals surface area contributed by atoms with Crippen molar-refractivity contribution in [3.8, 4) is 0 Å². The summed E-state index contributed by atoms with van der Waals surface area (Å²) in [6.45, 7) is 5.95. The Morgan fingerprint density at radius 1 is 1.00 bits per heavy atom. The summed E-state index contributed by atoms with van der Waals surface area (Å²) in [6.07, 6.45) is 6.08. The van der Waals surface area contributed by atoms with E-state index in [2.05, 4.69) is 19.9 Å². The van der Waals surface area contributed by atoms with Crippen LogP contribution in [0.25, 0.3) is 0 Å². The van der Waals surface area contributed by atoms with Gasteiger partial charge in [-0.05, 0) is 37.3 Å². The number of hydrogen-bond donors (Lipinski definition) is 0. The van der Waals surface area contributed by atoms with Crippen LogP contribution in [0.4, 0.5) is 0 Å². The third-order valence-electron chi connectivity index (χ3n) is 5.78. The summed E-state index contributed by atoms with van der Waals surface area (Å²) in [6, 6.07) is 3.69. The molecular formula is C20H28N6O2. The highest BCUT2D eigenvalue weighted by Crippen LogP contribution is 2.16. The normalized spacial score (nSPS) is 18.2. The molecule has 0 spiro atoms. The van der Waals surface area contributed by atoms with Crippen LogP contribution in [-0.4, -0.2) is 61.9 Å². The zero-order chi connectivity index (χ0) is 19.5. The molecule has 1 aliphatic carbocycles. The first kappa shape index (κ1) is 19.0. The second-order valence-electron chi connectivity index (χ2n) is 7.81. The molecule has 8 heteroatoms. The van der Waals surface area contributed by atoms with E-state index < -0.39 is 0 Å². The van der Waals surface area contributed by atoms with Gasteiger partial charge in [-0.25, -0.2) is 9.48 Å². The Hall–Kier alpha value is -2.32. The van der Waals surface area contributed by atoms with Crippen LogP contribution < -0.4 is 11.2 Å². The number of rotatable bonds is 5. The molecule has 2 aromatic rings. The molecule has 0 unspecified atom stereocenters. The molecule has 1 aliphatic heterocycles. The predicted octanol–water partition coefficient (Wildman–Crippen LogP) is 0.0336. The average Bonchev–Trinajstić information content (AvgIpc) is 2.70. The van der Waals surface area contributed by atoms with Crippen molar-refractivity contribution < 1.29 is 0 Å². The van der Waals surface area contributed by atoms with Gasteiger partial charge in [-0.3, -0.25) is 14.6 Å². The molecule has 2 aromatic heterocycles. The highest BCUT2D eigenvalue weighted by Gasteiger charge is 2.18. The largest absolute Gasteiger partial charge is 0.347 e. The number of fused-ring (bicyclic) bond motifs is 1. The van der Waals surface area contributed by atoms with Gasteiger partial charge in [-0.15, -0.1) is 0 Å². The lowest BCUT2D eigenvalue weighted by Crippen LogP contribution is -2.47. The maximum atomic E-state index is 12.3. The molecule has 0 aromatic carbocycles. The zero-order valence-electron chi connectivity index (χ0n) is 16.5. The minimum atomic E-state index is -0.209. The van der Waals surface area contributed by atoms with Crippen molar-refractivity contribution in [2.45, 2.75) is 38.8 Å². The first-order valence-corrected chi connectivity index (χ1v) is 10.2. The summed E-state index contributed by atoms with van der Waals surface area (Å²) in [5.41, 5.74) is 2.89. The summed E-state index contributed by atoms with van der Waals surface area (Å²) in [4.78, 5) is 32.8. The highest BCUT2D eigenvalue weighted by molar-refractivity contribution is 5.20. The molecule has 1 saturated heterocycles. The molecule has 0 atom stereocenters. The Labute approximate surface area is 164 Å². The Balaban J connectivity index is 1.28. The van der Waals surface area contributed by atoms with Crippen LogP contribution in [0.3, 0.4) is 0 Å². The average molecular weight is 384 g/mol. The molecule has 0 N–H and O–H groups in total. The van der Waals surface area contributed by atoms with Crippen molar-refractivity contribution in [1.29, 1.82) is 0 Å². The predicted molar refractivity (Wildman–Crippen MR) is 106 cm³/mol. The van der Waals surface area contributed by atoms with Crippen molar-refractivity contribution in [2.24, 2.45) is 7.05 Å². The topological polar surface area (TPSA) is 76.3 Å². The summed E-state index contributed by atoms with van der Waals surface area (Å²) in [5, 5.41) is 4.61. The van der Waals surface area contributed by atoms with Crippen LogP contribution in [0.5, 0.6) is 0 Å². The van der Waals surface area contributed by atoms with Crippen LogP contribution in [0.15, 0.2) is 27.9 Å². The van der Waals surface area contributed by atoms with Gasteiger partial charge >= 0.3 is 5.69 Å². The maximum absolute atomic E-state index is 12.3. The number of hydrogen-bond acceptors (Lipinski definition) is 6. The van der Waals surface area contributed by atoms with Crippen molar-refractivity contribution >= 4 is 0 Å². The van der Waals surface area contributed by atoms with E-state index in [9.17, 15) is 9.59 Å². The van der Waals surface area contributed by atoms with Gasteiger partial charge < -0.3 is 4.57 Å². The van der Waals surface area contributed by atoms with Crippen LogP contribution in [0, 0.1) is 0 Å². The second-order valence-corrected chi connectivity index (χ2v) is 7.81. The Bertz CT molecular complexity index is 942. The van der Waals surface area contributed by atoms with Crippen molar-refractivity contribution in [3.63, 3.8) is 0 Å². The fourth-order valence-electron chi connectivity index (χ4n) is 3.99. The Morgan fingerprint density at radius 3 is 2.54 bits per heavy atom. The minimum absolute atomic E-state index is 0.0241. The van der Waals surface area contributed by atoms with Crippen LogP contribution in [0.2, 0.25) is 0 Å². The summed E-state index contributed by atoms with van der Waals surface area (Å²) in [5.74, 6) is 0. The Kier molecular flexibility index (Phi) is 5.68. The van der Waals surface area contributed by atoms with E-state index in [1.807, 2.05) is 6.07 Å². The number of piperazine rings is 1. The lowest BCUT2D eigenvalue weighted by Gasteiger charge is -2.34. The van der Waals surface area contributed by atoms with Gasteiger partial charge in [-0.2, -0.15) is 10.1 Å². The third kappa shape index (κ3) is 4.39. The van der Waals surface area contributed by atoms with Gasteiger partial charge in [0.15, 0.2) is 0 Å². The molecule has 28 heavy (non-hydrogen) atoms. The van der Waals surface area contributed by atoms with E-state index in [0.717, 1.165) is 68.9 Å². The standard InChI is InChI=1S/C20H28N6O2/c1-23-7-6-17(21-20(23)28)15-25-10-8-24(9-11-25)12-13-26-19(27)14-16-4-2-3-5-18(16)22-26/h6-7,14H,2-5,8-13,15H2,1H3. The third-order valence-corrected chi connectivity index (χ3v) is 5.78. The van der Waals surface area contributed by atoms with Gasteiger partial charge in [0.2, 0.25) is 0 Å². The van der Waals surface area contributed by atoms with Crippen molar-refractivity contribution in [1.82, 2.24) is 29.1 Å². The van der Waals surface area contributed by atoms with E-state index in [1.54, 1.807) is 24.0 Å². The number of aryl methyl sites for hydroxylation is 3. The maximum Gasteiger partial charge on any atom is 0.347 e. The molecule has 4 rings (SSSR count). The zero-order valence-corrected chi connectivity index (χ0v) is 16.5.